The van der Waals surface area contributed by atoms with Crippen LogP contribution in [0.4, 0.5) is 0 Å². The molecule has 7 nitrogen and oxygen atoms in total. The lowest BCUT2D eigenvalue weighted by Gasteiger charge is -2.48. The summed E-state index contributed by atoms with van der Waals surface area (Å²) in [5, 5.41) is 4.38. The van der Waals surface area contributed by atoms with Crippen LogP contribution in [0.3, 0.4) is 0 Å². The van der Waals surface area contributed by atoms with E-state index in [2.05, 4.69) is 10.00 Å². The highest BCUT2D eigenvalue weighted by molar-refractivity contribution is 5.83. The molecule has 3 aliphatic heterocycles. The third-order valence-corrected chi connectivity index (χ3v) is 6.24. The first-order valence-electron chi connectivity index (χ1n) is 9.65. The predicted molar refractivity (Wildman–Crippen MR) is 97.6 cm³/mol. The smallest absolute Gasteiger partial charge is 0.244 e. The number of likely N-dealkylation sites (N-methyl/N-ethyl adjacent to an activating group) is 1. The molecule has 3 fully saturated rings. The van der Waals surface area contributed by atoms with Gasteiger partial charge in [-0.15, -0.1) is 0 Å². The molecule has 1 unspecified atom stereocenters. The summed E-state index contributed by atoms with van der Waals surface area (Å²) in [4.78, 5) is 31.5. The summed E-state index contributed by atoms with van der Waals surface area (Å²) in [6.45, 7) is 8.47. The van der Waals surface area contributed by atoms with Crippen molar-refractivity contribution in [2.45, 2.75) is 45.7 Å². The summed E-state index contributed by atoms with van der Waals surface area (Å²) in [5.74, 6) is 0.410. The summed E-state index contributed by atoms with van der Waals surface area (Å²) < 4.78 is 1.78. The molecular formula is C19H29N5O2. The van der Waals surface area contributed by atoms with Crippen LogP contribution < -0.4 is 0 Å². The lowest BCUT2D eigenvalue weighted by atomic mass is 9.77. The second kappa shape index (κ2) is 6.37. The molecule has 0 N–H and O–H groups in total. The van der Waals surface area contributed by atoms with Gasteiger partial charge >= 0.3 is 0 Å². The van der Waals surface area contributed by atoms with E-state index in [-0.39, 0.29) is 23.3 Å². The molecule has 0 aromatic carbocycles. The molecule has 4 rings (SSSR count). The first-order valence-corrected chi connectivity index (χ1v) is 9.65. The molecule has 3 saturated heterocycles. The number of rotatable bonds is 3. The largest absolute Gasteiger partial charge is 0.341 e. The Morgan fingerprint density at radius 3 is 2.46 bits per heavy atom. The Kier molecular flexibility index (Phi) is 4.29. The third-order valence-electron chi connectivity index (χ3n) is 6.24. The van der Waals surface area contributed by atoms with Gasteiger partial charge < -0.3 is 9.80 Å². The minimum atomic E-state index is -0.0126. The van der Waals surface area contributed by atoms with Crippen LogP contribution in [-0.2, 0) is 16.1 Å². The molecule has 142 valence electrons. The van der Waals surface area contributed by atoms with E-state index in [4.69, 9.17) is 0 Å². The molecule has 0 radical (unpaired) electrons. The first-order chi connectivity index (χ1) is 12.4. The SMILES string of the molecule is Cc1cc(C)n(CC(=O)N2CC3(CC(C(=O)N4CCCC4)N(C)C3)C2)n1. The fourth-order valence-corrected chi connectivity index (χ4v) is 4.93. The highest BCUT2D eigenvalue weighted by Crippen LogP contribution is 2.42. The van der Waals surface area contributed by atoms with Gasteiger partial charge in [0.05, 0.1) is 11.7 Å². The van der Waals surface area contributed by atoms with Gasteiger partial charge in [-0.1, -0.05) is 0 Å². The lowest BCUT2D eigenvalue weighted by Crippen LogP contribution is -2.60. The van der Waals surface area contributed by atoms with Crippen LogP contribution >= 0.6 is 0 Å². The third kappa shape index (κ3) is 3.02. The topological polar surface area (TPSA) is 61.7 Å². The van der Waals surface area contributed by atoms with Gasteiger partial charge in [-0.05, 0) is 46.2 Å². The number of nitrogens with zero attached hydrogens (tertiary/aromatic N) is 5. The van der Waals surface area contributed by atoms with E-state index in [1.807, 2.05) is 36.8 Å². The maximum absolute atomic E-state index is 12.8. The molecule has 2 amide bonds. The van der Waals surface area contributed by atoms with Crippen LogP contribution in [0.25, 0.3) is 0 Å². The molecular weight excluding hydrogens is 330 g/mol. The van der Waals surface area contributed by atoms with Crippen LogP contribution in [0.15, 0.2) is 6.07 Å². The molecule has 3 aliphatic rings. The zero-order valence-corrected chi connectivity index (χ0v) is 16.1. The number of likely N-dealkylation sites (tertiary alicyclic amines) is 3. The van der Waals surface area contributed by atoms with Crippen LogP contribution in [0.2, 0.25) is 0 Å². The van der Waals surface area contributed by atoms with Gasteiger partial charge in [0.15, 0.2) is 0 Å². The van der Waals surface area contributed by atoms with Crippen LogP contribution in [-0.4, -0.2) is 82.1 Å². The van der Waals surface area contributed by atoms with Crippen molar-refractivity contribution in [3.05, 3.63) is 17.5 Å². The van der Waals surface area contributed by atoms with Crippen molar-refractivity contribution in [1.29, 1.82) is 0 Å². The molecule has 4 heterocycles. The number of hydrogen-bond donors (Lipinski definition) is 0. The predicted octanol–water partition coefficient (Wildman–Crippen LogP) is 0.655. The summed E-state index contributed by atoms with van der Waals surface area (Å²) in [7, 11) is 2.05. The van der Waals surface area contributed by atoms with Crippen molar-refractivity contribution in [1.82, 2.24) is 24.5 Å². The molecule has 0 saturated carbocycles. The van der Waals surface area contributed by atoms with Crippen LogP contribution in [0, 0.1) is 19.3 Å². The monoisotopic (exact) mass is 359 g/mol. The van der Waals surface area contributed by atoms with Crippen molar-refractivity contribution < 1.29 is 9.59 Å². The van der Waals surface area contributed by atoms with E-state index in [1.54, 1.807) is 4.68 Å². The molecule has 1 spiro atoms. The van der Waals surface area contributed by atoms with Gasteiger partial charge in [0, 0.05) is 43.8 Å². The number of hydrogen-bond acceptors (Lipinski definition) is 4. The zero-order chi connectivity index (χ0) is 18.5. The molecule has 7 heteroatoms. The highest BCUT2D eigenvalue weighted by atomic mass is 16.2. The van der Waals surface area contributed by atoms with Gasteiger partial charge in [-0.3, -0.25) is 19.2 Å². The van der Waals surface area contributed by atoms with E-state index < -0.39 is 0 Å². The number of carbonyl (C=O) groups is 2. The van der Waals surface area contributed by atoms with Crippen LogP contribution in [0.1, 0.15) is 30.7 Å². The van der Waals surface area contributed by atoms with Crippen molar-refractivity contribution in [2.75, 3.05) is 39.8 Å². The average Bonchev–Trinajstić information content (AvgIpc) is 3.25. The van der Waals surface area contributed by atoms with E-state index in [0.717, 1.165) is 63.4 Å². The van der Waals surface area contributed by atoms with Gasteiger partial charge in [0.2, 0.25) is 11.8 Å². The van der Waals surface area contributed by atoms with Crippen molar-refractivity contribution >= 4 is 11.8 Å². The Balaban J connectivity index is 1.34. The van der Waals surface area contributed by atoms with E-state index >= 15 is 0 Å². The molecule has 1 aromatic rings. The van der Waals surface area contributed by atoms with Gasteiger partial charge in [-0.2, -0.15) is 5.10 Å². The maximum atomic E-state index is 12.8. The number of aromatic nitrogens is 2. The molecule has 26 heavy (non-hydrogen) atoms. The average molecular weight is 359 g/mol. The Morgan fingerprint density at radius 2 is 1.85 bits per heavy atom. The number of amides is 2. The lowest BCUT2D eigenvalue weighted by molar-refractivity contribution is -0.143. The van der Waals surface area contributed by atoms with Gasteiger partial charge in [0.25, 0.3) is 0 Å². The first kappa shape index (κ1) is 17.5. The minimum absolute atomic E-state index is 0.0126. The summed E-state index contributed by atoms with van der Waals surface area (Å²) in [6.07, 6.45) is 3.13. The Morgan fingerprint density at radius 1 is 1.15 bits per heavy atom. The molecule has 0 aliphatic carbocycles. The maximum Gasteiger partial charge on any atom is 0.244 e. The fraction of sp³-hybridized carbons (Fsp3) is 0.737. The summed E-state index contributed by atoms with van der Waals surface area (Å²) in [5.41, 5.74) is 2.05. The van der Waals surface area contributed by atoms with Crippen molar-refractivity contribution in [3.63, 3.8) is 0 Å². The Hall–Kier alpha value is -1.89. The minimum Gasteiger partial charge on any atom is -0.341 e. The quantitative estimate of drug-likeness (QED) is 0.795. The second-order valence-electron chi connectivity index (χ2n) is 8.50. The highest BCUT2D eigenvalue weighted by Gasteiger charge is 2.53. The fourth-order valence-electron chi connectivity index (χ4n) is 4.93. The molecule has 0 bridgehead atoms. The Labute approximate surface area is 154 Å². The van der Waals surface area contributed by atoms with Crippen molar-refractivity contribution in [3.8, 4) is 0 Å². The molecule has 1 aromatic heterocycles. The second-order valence-corrected chi connectivity index (χ2v) is 8.50. The zero-order valence-electron chi connectivity index (χ0n) is 16.1. The number of carbonyl (C=O) groups excluding carboxylic acids is 2. The van der Waals surface area contributed by atoms with Gasteiger partial charge in [-0.25, -0.2) is 0 Å². The number of aryl methyl sites for hydroxylation is 2. The standard InChI is InChI=1S/C19H29N5O2/c1-14-8-15(2)24(20-14)10-17(25)23-12-19(13-23)9-16(21(3)11-19)18(26)22-6-4-5-7-22/h8,16H,4-7,9-13H2,1-3H3. The molecule has 1 atom stereocenters. The Bertz CT molecular complexity index is 716. The van der Waals surface area contributed by atoms with E-state index in [0.29, 0.717) is 6.54 Å². The van der Waals surface area contributed by atoms with Crippen LogP contribution in [0.5, 0.6) is 0 Å². The summed E-state index contributed by atoms with van der Waals surface area (Å²) in [6, 6.07) is 1.98. The summed E-state index contributed by atoms with van der Waals surface area (Å²) >= 11 is 0. The normalized spacial score (nSPS) is 25.1. The van der Waals surface area contributed by atoms with E-state index in [1.165, 1.54) is 0 Å². The van der Waals surface area contributed by atoms with Gasteiger partial charge in [0.1, 0.15) is 6.54 Å². The van der Waals surface area contributed by atoms with E-state index in [9.17, 15) is 9.59 Å². The van der Waals surface area contributed by atoms with Crippen molar-refractivity contribution in [2.24, 2.45) is 5.41 Å².